The number of unbranched alkanes of at least 4 members (excludes halogenated alkanes) is 27. The van der Waals surface area contributed by atoms with E-state index in [-0.39, 0.29) is 0 Å². The number of nitrogens with one attached hydrogen (secondary N) is 1. The van der Waals surface area contributed by atoms with Gasteiger partial charge < -0.3 is 25.7 Å². The van der Waals surface area contributed by atoms with Gasteiger partial charge in [0.2, 0.25) is 5.91 Å². The zero-order valence-electron chi connectivity index (χ0n) is 37.6. The van der Waals surface area contributed by atoms with Crippen molar-refractivity contribution >= 4 is 5.91 Å². The van der Waals surface area contributed by atoms with Gasteiger partial charge in [0, 0.05) is 0 Å². The van der Waals surface area contributed by atoms with Crippen LogP contribution >= 0.6 is 0 Å². The molecule has 0 saturated carbocycles. The van der Waals surface area contributed by atoms with Gasteiger partial charge in [-0.15, -0.1) is 0 Å². The molecule has 0 saturated heterocycles. The number of aliphatic hydroxyl groups excluding tert-OH is 4. The lowest BCUT2D eigenvalue weighted by Crippen LogP contribution is -2.53. The number of carbonyl (C=O) groups is 1. The molecule has 6 heteroatoms. The van der Waals surface area contributed by atoms with Crippen molar-refractivity contribution in [1.29, 1.82) is 0 Å². The Hall–Kier alpha value is -1.73. The third-order valence-electron chi connectivity index (χ3n) is 11.2. The molecular weight excluding hydrogens is 707 g/mol. The molecule has 6 nitrogen and oxygen atoms in total. The second-order valence-electron chi connectivity index (χ2n) is 16.8. The van der Waals surface area contributed by atoms with Gasteiger partial charge in [0.05, 0.1) is 18.8 Å². The topological polar surface area (TPSA) is 110 Å². The lowest BCUT2D eigenvalue weighted by atomic mass is 10.00. The maximum atomic E-state index is 12.4. The van der Waals surface area contributed by atoms with Gasteiger partial charge in [-0.1, -0.05) is 204 Å². The van der Waals surface area contributed by atoms with Crippen molar-refractivity contribution in [2.75, 3.05) is 6.61 Å². The second kappa shape index (κ2) is 45.4. The van der Waals surface area contributed by atoms with E-state index in [1.54, 1.807) is 0 Å². The molecule has 4 unspecified atom stereocenters. The molecule has 57 heavy (non-hydrogen) atoms. The number of hydrogen-bond donors (Lipinski definition) is 5. The summed E-state index contributed by atoms with van der Waals surface area (Å²) in [6.07, 6.45) is 56.2. The zero-order chi connectivity index (χ0) is 41.7. The van der Waals surface area contributed by atoms with Crippen LogP contribution in [0.3, 0.4) is 0 Å². The highest BCUT2D eigenvalue weighted by Crippen LogP contribution is 2.16. The van der Waals surface area contributed by atoms with E-state index in [2.05, 4.69) is 67.8 Å². The first-order valence-corrected chi connectivity index (χ1v) is 24.5. The summed E-state index contributed by atoms with van der Waals surface area (Å²) in [4.78, 5) is 12.4. The van der Waals surface area contributed by atoms with Crippen LogP contribution in [0.15, 0.2) is 48.6 Å². The summed E-state index contributed by atoms with van der Waals surface area (Å²) in [6.45, 7) is 3.98. The summed E-state index contributed by atoms with van der Waals surface area (Å²) in [7, 11) is 0. The van der Waals surface area contributed by atoms with Gasteiger partial charge >= 0.3 is 0 Å². The third kappa shape index (κ3) is 39.5. The van der Waals surface area contributed by atoms with Crippen molar-refractivity contribution in [1.82, 2.24) is 5.32 Å². The smallest absolute Gasteiger partial charge is 0.249 e. The summed E-state index contributed by atoms with van der Waals surface area (Å²) in [5.74, 6) is -0.612. The molecule has 0 fully saturated rings. The Labute approximate surface area is 353 Å². The first-order valence-electron chi connectivity index (χ1n) is 24.5. The Morgan fingerprint density at radius 2 is 0.754 bits per heavy atom. The van der Waals surface area contributed by atoms with Gasteiger partial charge in [-0.3, -0.25) is 4.79 Å². The Morgan fingerprint density at radius 3 is 1.16 bits per heavy atom. The number of carbonyl (C=O) groups excluding carboxylic acids is 1. The minimum atomic E-state index is -1.30. The molecule has 0 aliphatic carbocycles. The molecule has 0 aromatic rings. The highest BCUT2D eigenvalue weighted by molar-refractivity contribution is 5.80. The van der Waals surface area contributed by atoms with E-state index in [1.165, 1.54) is 135 Å². The van der Waals surface area contributed by atoms with Gasteiger partial charge in [-0.05, 0) is 83.5 Å². The van der Waals surface area contributed by atoms with Gasteiger partial charge in [-0.2, -0.15) is 0 Å². The quantitative estimate of drug-likeness (QED) is 0.0311. The fraction of sp³-hybridized carbons (Fsp3) is 0.824. The van der Waals surface area contributed by atoms with Crippen LogP contribution in [0.2, 0.25) is 0 Å². The second-order valence-corrected chi connectivity index (χ2v) is 16.8. The van der Waals surface area contributed by atoms with Crippen LogP contribution in [0, 0.1) is 0 Å². The molecule has 1 amide bonds. The van der Waals surface area contributed by atoms with Gasteiger partial charge in [0.15, 0.2) is 0 Å². The summed E-state index contributed by atoms with van der Waals surface area (Å²) in [6, 6.07) is -1.02. The molecule has 0 radical (unpaired) electrons. The maximum Gasteiger partial charge on any atom is 0.249 e. The van der Waals surface area contributed by atoms with Crippen LogP contribution in [0.25, 0.3) is 0 Å². The van der Waals surface area contributed by atoms with Crippen LogP contribution in [-0.4, -0.2) is 57.3 Å². The zero-order valence-corrected chi connectivity index (χ0v) is 37.6. The standard InChI is InChI=1S/C51H95NO5/c1-3-5-7-9-11-13-15-16-17-18-19-20-21-22-23-24-25-26-27-28-29-30-31-32-33-34-35-37-38-40-42-44-48(54)50(56)47(46-53)52-51(57)49(55)45-43-41-39-36-14-12-10-8-6-4-2/h10,12,28-29,32-33,37-38,47-50,53-56H,3-9,11,13-27,30-31,34-36,39-46H2,1-2H3,(H,52,57)/b12-10-,29-28+,33-32+,38-37+. The van der Waals surface area contributed by atoms with Crippen molar-refractivity contribution < 1.29 is 25.2 Å². The maximum absolute atomic E-state index is 12.4. The number of allylic oxidation sites excluding steroid dienone is 8. The van der Waals surface area contributed by atoms with Gasteiger partial charge in [0.1, 0.15) is 12.2 Å². The molecular formula is C51H95NO5. The molecule has 5 N–H and O–H groups in total. The largest absolute Gasteiger partial charge is 0.394 e. The van der Waals surface area contributed by atoms with E-state index in [1.807, 2.05) is 0 Å². The highest BCUT2D eigenvalue weighted by Gasteiger charge is 2.28. The molecule has 0 spiro atoms. The Bertz CT molecular complexity index is 946. The molecule has 4 atom stereocenters. The molecule has 0 aliphatic heterocycles. The number of rotatable bonds is 44. The Morgan fingerprint density at radius 1 is 0.421 bits per heavy atom. The number of aliphatic hydroxyl groups is 4. The molecule has 0 aliphatic rings. The normalized spacial score (nSPS) is 14.4. The fourth-order valence-electron chi connectivity index (χ4n) is 7.30. The lowest BCUT2D eigenvalue weighted by molar-refractivity contribution is -0.132. The van der Waals surface area contributed by atoms with Crippen molar-refractivity contribution in [2.24, 2.45) is 0 Å². The van der Waals surface area contributed by atoms with Crippen LogP contribution in [0.1, 0.15) is 239 Å². The summed E-state index contributed by atoms with van der Waals surface area (Å²) in [5, 5.41) is 43.5. The fourth-order valence-corrected chi connectivity index (χ4v) is 7.30. The summed E-state index contributed by atoms with van der Waals surface area (Å²) < 4.78 is 0. The SMILES string of the molecule is CCCC/C=C\CCCCCCC(O)C(=O)NC(CO)C(O)C(O)CCC/C=C/CC/C=C/CC/C=C/CCCCCCCCCCCCCCCCCCCC. The van der Waals surface area contributed by atoms with Crippen LogP contribution in [0.5, 0.6) is 0 Å². The number of amides is 1. The predicted molar refractivity (Wildman–Crippen MR) is 247 cm³/mol. The van der Waals surface area contributed by atoms with Crippen molar-refractivity contribution in [2.45, 2.75) is 263 Å². The Balaban J connectivity index is 3.69. The van der Waals surface area contributed by atoms with E-state index in [0.29, 0.717) is 19.3 Å². The predicted octanol–water partition coefficient (Wildman–Crippen LogP) is 13.5. The lowest BCUT2D eigenvalue weighted by Gasteiger charge is -2.27. The molecule has 0 rings (SSSR count). The first-order chi connectivity index (χ1) is 28.0. The van der Waals surface area contributed by atoms with Crippen LogP contribution in [-0.2, 0) is 4.79 Å². The first kappa shape index (κ1) is 55.3. The van der Waals surface area contributed by atoms with E-state index in [0.717, 1.165) is 70.6 Å². The molecule has 0 bridgehead atoms. The van der Waals surface area contributed by atoms with Crippen molar-refractivity contribution in [3.8, 4) is 0 Å². The minimum absolute atomic E-state index is 0.341. The molecule has 0 aromatic heterocycles. The Kier molecular flexibility index (Phi) is 44.0. The van der Waals surface area contributed by atoms with Crippen molar-refractivity contribution in [3.63, 3.8) is 0 Å². The van der Waals surface area contributed by atoms with E-state index >= 15 is 0 Å². The monoisotopic (exact) mass is 802 g/mol. The van der Waals surface area contributed by atoms with E-state index in [9.17, 15) is 25.2 Å². The summed E-state index contributed by atoms with van der Waals surface area (Å²) in [5.41, 5.74) is 0. The van der Waals surface area contributed by atoms with Gasteiger partial charge in [-0.25, -0.2) is 0 Å². The molecule has 0 aromatic carbocycles. The van der Waals surface area contributed by atoms with Crippen molar-refractivity contribution in [3.05, 3.63) is 48.6 Å². The molecule has 0 heterocycles. The average Bonchev–Trinajstić information content (AvgIpc) is 3.22. The van der Waals surface area contributed by atoms with E-state index in [4.69, 9.17) is 0 Å². The average molecular weight is 802 g/mol. The van der Waals surface area contributed by atoms with Gasteiger partial charge in [0.25, 0.3) is 0 Å². The molecule has 334 valence electrons. The van der Waals surface area contributed by atoms with Crippen LogP contribution in [0.4, 0.5) is 0 Å². The summed E-state index contributed by atoms with van der Waals surface area (Å²) >= 11 is 0. The number of hydrogen-bond acceptors (Lipinski definition) is 5. The minimum Gasteiger partial charge on any atom is -0.394 e. The van der Waals surface area contributed by atoms with E-state index < -0.39 is 36.9 Å². The third-order valence-corrected chi connectivity index (χ3v) is 11.2. The highest BCUT2D eigenvalue weighted by atomic mass is 16.3. The van der Waals surface area contributed by atoms with Crippen LogP contribution < -0.4 is 5.32 Å².